The molecule has 7 nitrogen and oxygen atoms in total. The van der Waals surface area contributed by atoms with Crippen LogP contribution in [0.2, 0.25) is 0 Å². The third-order valence-electron chi connectivity index (χ3n) is 1.86. The van der Waals surface area contributed by atoms with Gasteiger partial charge in [-0.1, -0.05) is 37.9 Å². The van der Waals surface area contributed by atoms with Crippen molar-refractivity contribution in [2.75, 3.05) is 13.2 Å². The lowest BCUT2D eigenvalue weighted by Crippen LogP contribution is -2.09. The molecule has 0 aromatic heterocycles. The number of para-hydroxylation sites is 1. The zero-order valence-electron chi connectivity index (χ0n) is 13.1. The van der Waals surface area contributed by atoms with Crippen molar-refractivity contribution in [2.45, 2.75) is 0 Å². The molecule has 0 heterocycles. The second kappa shape index (κ2) is 16.0. The van der Waals surface area contributed by atoms with Crippen molar-refractivity contribution in [3.63, 3.8) is 0 Å². The van der Waals surface area contributed by atoms with Gasteiger partial charge in [-0.15, -0.1) is 0 Å². The van der Waals surface area contributed by atoms with Gasteiger partial charge in [0.2, 0.25) is 0 Å². The summed E-state index contributed by atoms with van der Waals surface area (Å²) in [6, 6.07) is 9.35. The Bertz CT molecular complexity index is 517. The molecule has 2 N–H and O–H groups in total. The molecule has 1 rings (SSSR count). The fraction of sp³-hybridized carbons (Fsp3) is 0.118. The maximum Gasteiger partial charge on any atom is 0.330 e. The van der Waals surface area contributed by atoms with Gasteiger partial charge in [0.15, 0.2) is 0 Å². The van der Waals surface area contributed by atoms with Crippen LogP contribution in [0.1, 0.15) is 0 Å². The van der Waals surface area contributed by atoms with Gasteiger partial charge in [0.25, 0.3) is 0 Å². The number of benzene rings is 1. The molecular weight excluding hydrogens is 316 g/mol. The van der Waals surface area contributed by atoms with E-state index in [1.54, 1.807) is 0 Å². The van der Waals surface area contributed by atoms with Crippen LogP contribution in [-0.4, -0.2) is 41.3 Å². The fourth-order valence-corrected chi connectivity index (χ4v) is 0.877. The van der Waals surface area contributed by atoms with Crippen LogP contribution in [0, 0.1) is 0 Å². The van der Waals surface area contributed by atoms with Gasteiger partial charge in [0.1, 0.15) is 19.0 Å². The van der Waals surface area contributed by atoms with Gasteiger partial charge in [0.05, 0.1) is 0 Å². The zero-order chi connectivity index (χ0) is 18.8. The van der Waals surface area contributed by atoms with E-state index < -0.39 is 17.9 Å². The summed E-state index contributed by atoms with van der Waals surface area (Å²) in [6.07, 6.45) is 2.79. The van der Waals surface area contributed by atoms with Crippen LogP contribution in [0.25, 0.3) is 0 Å². The Morgan fingerprint density at radius 2 is 1.33 bits per heavy atom. The lowest BCUT2D eigenvalue weighted by molar-refractivity contribution is -0.138. The Labute approximate surface area is 140 Å². The van der Waals surface area contributed by atoms with Crippen molar-refractivity contribution in [1.82, 2.24) is 0 Å². The van der Waals surface area contributed by atoms with Crippen LogP contribution in [0.15, 0.2) is 68.3 Å². The minimum atomic E-state index is -0.981. The third kappa shape index (κ3) is 18.7. The monoisotopic (exact) mass is 336 g/mol. The molecule has 0 aliphatic heterocycles. The van der Waals surface area contributed by atoms with E-state index >= 15 is 0 Å². The molecule has 0 radical (unpaired) electrons. The number of carboxylic acids is 2. The molecule has 0 aliphatic rings. The van der Waals surface area contributed by atoms with E-state index in [9.17, 15) is 14.4 Å². The molecule has 7 heteroatoms. The summed E-state index contributed by atoms with van der Waals surface area (Å²) in [6.45, 7) is 9.79. The van der Waals surface area contributed by atoms with E-state index in [0.717, 1.165) is 24.0 Å². The third-order valence-corrected chi connectivity index (χ3v) is 1.86. The smallest absolute Gasteiger partial charge is 0.330 e. The highest BCUT2D eigenvalue weighted by Crippen LogP contribution is 2.07. The maximum atomic E-state index is 10.6. The van der Waals surface area contributed by atoms with E-state index in [0.29, 0.717) is 6.61 Å². The second-order valence-electron chi connectivity index (χ2n) is 3.62. The van der Waals surface area contributed by atoms with Crippen LogP contribution in [0.4, 0.5) is 0 Å². The van der Waals surface area contributed by atoms with Gasteiger partial charge in [-0.3, -0.25) is 0 Å². The summed E-state index contributed by atoms with van der Waals surface area (Å²) < 4.78 is 10.0. The molecule has 0 spiro atoms. The number of hydrogen-bond acceptors (Lipinski definition) is 5. The molecule has 0 aliphatic carbocycles. The highest BCUT2D eigenvalue weighted by Gasteiger charge is 1.95. The van der Waals surface area contributed by atoms with Gasteiger partial charge in [-0.25, -0.2) is 14.4 Å². The first kappa shape index (κ1) is 22.9. The zero-order valence-corrected chi connectivity index (χ0v) is 13.1. The summed E-state index contributed by atoms with van der Waals surface area (Å²) in [7, 11) is 0. The van der Waals surface area contributed by atoms with Gasteiger partial charge < -0.3 is 19.7 Å². The van der Waals surface area contributed by atoms with Crippen molar-refractivity contribution in [3.8, 4) is 5.75 Å². The van der Waals surface area contributed by atoms with Gasteiger partial charge in [-0.2, -0.15) is 0 Å². The number of rotatable bonds is 7. The number of carbonyl (C=O) groups excluding carboxylic acids is 1. The summed E-state index contributed by atoms with van der Waals surface area (Å²) in [5.74, 6) is -1.63. The predicted molar refractivity (Wildman–Crippen MR) is 88.8 cm³/mol. The first-order valence-corrected chi connectivity index (χ1v) is 6.55. The van der Waals surface area contributed by atoms with Gasteiger partial charge in [0, 0.05) is 18.2 Å². The minimum Gasteiger partial charge on any atom is -0.490 e. The Balaban J connectivity index is 0. The standard InChI is InChI=1S/C11H12O3.2C3H4O2/c1-2-11(12)14-9-8-13-10-6-4-3-5-7-10;2*1-2-3(4)5/h2-7H,1,8-9H2;2*2H,1H2,(H,4,5). The Hall–Kier alpha value is -3.35. The van der Waals surface area contributed by atoms with E-state index in [-0.39, 0.29) is 6.61 Å². The maximum absolute atomic E-state index is 10.6. The molecule has 0 bridgehead atoms. The molecule has 0 saturated carbocycles. The number of esters is 1. The Morgan fingerprint density at radius 1 is 0.875 bits per heavy atom. The number of carboxylic acid groups (broad SMARTS) is 2. The molecule has 0 atom stereocenters. The normalized spacial score (nSPS) is 8.00. The molecule has 0 unspecified atom stereocenters. The van der Waals surface area contributed by atoms with Crippen molar-refractivity contribution < 1.29 is 34.1 Å². The van der Waals surface area contributed by atoms with E-state index in [2.05, 4.69) is 19.7 Å². The van der Waals surface area contributed by atoms with Crippen molar-refractivity contribution in [3.05, 3.63) is 68.3 Å². The average molecular weight is 336 g/mol. The van der Waals surface area contributed by atoms with Crippen LogP contribution in [0.5, 0.6) is 5.75 Å². The molecule has 1 aromatic rings. The number of ether oxygens (including phenoxy) is 2. The Kier molecular flexibility index (Phi) is 15.3. The highest BCUT2D eigenvalue weighted by molar-refractivity contribution is 5.81. The minimum absolute atomic E-state index is 0.236. The SMILES string of the molecule is C=CC(=O)O.C=CC(=O)O.C=CC(=O)OCCOc1ccccc1. The molecule has 1 aromatic carbocycles. The molecule has 0 amide bonds. The topological polar surface area (TPSA) is 110 Å². The van der Waals surface area contributed by atoms with E-state index in [1.807, 2.05) is 30.3 Å². The average Bonchev–Trinajstić information content (AvgIpc) is 2.60. The van der Waals surface area contributed by atoms with Crippen LogP contribution >= 0.6 is 0 Å². The molecule has 24 heavy (non-hydrogen) atoms. The van der Waals surface area contributed by atoms with Crippen molar-refractivity contribution >= 4 is 17.9 Å². The molecule has 0 fully saturated rings. The first-order valence-electron chi connectivity index (χ1n) is 6.55. The summed E-state index contributed by atoms with van der Waals surface area (Å²) in [4.78, 5) is 29.1. The molecular formula is C17H20O7. The van der Waals surface area contributed by atoms with E-state index in [4.69, 9.17) is 19.7 Å². The highest BCUT2D eigenvalue weighted by atomic mass is 16.6. The fourth-order valence-electron chi connectivity index (χ4n) is 0.877. The first-order chi connectivity index (χ1) is 11.4. The molecule has 130 valence electrons. The van der Waals surface area contributed by atoms with Crippen molar-refractivity contribution in [2.24, 2.45) is 0 Å². The quantitative estimate of drug-likeness (QED) is 0.446. The summed E-state index contributed by atoms with van der Waals surface area (Å²) >= 11 is 0. The second-order valence-corrected chi connectivity index (χ2v) is 3.62. The van der Waals surface area contributed by atoms with E-state index in [1.165, 1.54) is 0 Å². The van der Waals surface area contributed by atoms with Crippen LogP contribution < -0.4 is 4.74 Å². The lowest BCUT2D eigenvalue weighted by Gasteiger charge is -2.05. The lowest BCUT2D eigenvalue weighted by atomic mass is 10.3. The van der Waals surface area contributed by atoms with Gasteiger partial charge >= 0.3 is 17.9 Å². The Morgan fingerprint density at radius 3 is 1.71 bits per heavy atom. The van der Waals surface area contributed by atoms with Crippen LogP contribution in [-0.2, 0) is 19.1 Å². The largest absolute Gasteiger partial charge is 0.490 e. The molecule has 0 saturated heterocycles. The predicted octanol–water partition coefficient (Wildman–Crippen LogP) is 2.31. The summed E-state index contributed by atoms with van der Waals surface area (Å²) in [5.41, 5.74) is 0. The number of hydrogen-bond donors (Lipinski definition) is 2. The number of carbonyl (C=O) groups is 3. The van der Waals surface area contributed by atoms with Crippen LogP contribution in [0.3, 0.4) is 0 Å². The number of aliphatic carboxylic acids is 2. The van der Waals surface area contributed by atoms with Gasteiger partial charge in [-0.05, 0) is 12.1 Å². The summed E-state index contributed by atoms with van der Waals surface area (Å²) in [5, 5.41) is 15.2. The van der Waals surface area contributed by atoms with Crippen molar-refractivity contribution in [1.29, 1.82) is 0 Å².